The molecular weight excluding hydrogens is 214 g/mol. The van der Waals surface area contributed by atoms with Crippen LogP contribution in [0.1, 0.15) is 10.4 Å². The van der Waals surface area contributed by atoms with Crippen molar-refractivity contribution in [2.75, 3.05) is 5.32 Å². The Balaban J connectivity index is 2.19. The van der Waals surface area contributed by atoms with Gasteiger partial charge in [0.15, 0.2) is 0 Å². The van der Waals surface area contributed by atoms with Gasteiger partial charge in [0.05, 0.1) is 10.6 Å². The minimum atomic E-state index is -0.282. The van der Waals surface area contributed by atoms with E-state index in [1.54, 1.807) is 36.7 Å². The predicted molar refractivity (Wildman–Crippen MR) is 58.0 cm³/mol. The van der Waals surface area contributed by atoms with Crippen molar-refractivity contribution in [2.24, 2.45) is 0 Å². The van der Waals surface area contributed by atoms with Gasteiger partial charge in [-0.15, -0.1) is 0 Å². The number of hydrogen-bond donors (Lipinski definition) is 2. The van der Waals surface area contributed by atoms with Crippen molar-refractivity contribution in [3.63, 3.8) is 0 Å². The van der Waals surface area contributed by atoms with Crippen LogP contribution in [0.25, 0.3) is 0 Å². The van der Waals surface area contributed by atoms with E-state index in [4.69, 9.17) is 11.6 Å². The number of aromatic amines is 1. The second kappa shape index (κ2) is 4.14. The molecule has 0 saturated carbocycles. The van der Waals surface area contributed by atoms with Gasteiger partial charge < -0.3 is 4.98 Å². The molecule has 76 valence electrons. The Labute approximate surface area is 91.3 Å². The number of hydrogen-bond acceptors (Lipinski definition) is 2. The molecule has 1 heterocycles. The molecule has 2 N–H and O–H groups in total. The highest BCUT2D eigenvalue weighted by Crippen LogP contribution is 2.15. The summed E-state index contributed by atoms with van der Waals surface area (Å²) < 4.78 is 0. The Morgan fingerprint density at radius 1 is 1.40 bits per heavy atom. The summed E-state index contributed by atoms with van der Waals surface area (Å²) in [5, 5.41) is 3.01. The molecular formula is C10H8ClN3O. The number of carbonyl (C=O) groups excluding carboxylic acids is 1. The van der Waals surface area contributed by atoms with E-state index >= 15 is 0 Å². The third kappa shape index (κ3) is 2.16. The Morgan fingerprint density at radius 2 is 2.20 bits per heavy atom. The molecule has 0 radical (unpaired) electrons. The Bertz CT molecular complexity index is 467. The van der Waals surface area contributed by atoms with Crippen LogP contribution in [0.4, 0.5) is 5.95 Å². The zero-order chi connectivity index (χ0) is 10.7. The summed E-state index contributed by atoms with van der Waals surface area (Å²) >= 11 is 5.87. The zero-order valence-corrected chi connectivity index (χ0v) is 8.45. The first-order chi connectivity index (χ1) is 7.27. The first-order valence-electron chi connectivity index (χ1n) is 4.32. The van der Waals surface area contributed by atoms with Crippen molar-refractivity contribution in [3.8, 4) is 0 Å². The van der Waals surface area contributed by atoms with Crippen LogP contribution < -0.4 is 5.32 Å². The molecule has 2 aromatic rings. The second-order valence-corrected chi connectivity index (χ2v) is 3.28. The molecule has 0 saturated heterocycles. The van der Waals surface area contributed by atoms with E-state index < -0.39 is 0 Å². The highest BCUT2D eigenvalue weighted by molar-refractivity contribution is 6.34. The van der Waals surface area contributed by atoms with Crippen molar-refractivity contribution < 1.29 is 4.79 Å². The molecule has 0 aliphatic carbocycles. The summed E-state index contributed by atoms with van der Waals surface area (Å²) in [6, 6.07) is 6.84. The van der Waals surface area contributed by atoms with E-state index in [1.807, 2.05) is 0 Å². The number of nitrogens with one attached hydrogen (secondary N) is 2. The maximum Gasteiger partial charge on any atom is 0.259 e. The fourth-order valence-electron chi connectivity index (χ4n) is 1.15. The van der Waals surface area contributed by atoms with Gasteiger partial charge in [0.25, 0.3) is 5.91 Å². The van der Waals surface area contributed by atoms with Crippen LogP contribution in [0, 0.1) is 0 Å². The van der Waals surface area contributed by atoms with Gasteiger partial charge in [0.2, 0.25) is 5.95 Å². The summed E-state index contributed by atoms with van der Waals surface area (Å²) in [6.07, 6.45) is 3.18. The minimum Gasteiger partial charge on any atom is -0.331 e. The van der Waals surface area contributed by atoms with Crippen molar-refractivity contribution in [1.82, 2.24) is 9.97 Å². The number of rotatable bonds is 2. The van der Waals surface area contributed by atoms with E-state index in [9.17, 15) is 4.79 Å². The van der Waals surface area contributed by atoms with Crippen molar-refractivity contribution >= 4 is 23.5 Å². The van der Waals surface area contributed by atoms with Gasteiger partial charge in [-0.2, -0.15) is 0 Å². The summed E-state index contributed by atoms with van der Waals surface area (Å²) in [7, 11) is 0. The molecule has 15 heavy (non-hydrogen) atoms. The first kappa shape index (κ1) is 9.73. The van der Waals surface area contributed by atoms with Crippen LogP contribution in [0.15, 0.2) is 36.7 Å². The quantitative estimate of drug-likeness (QED) is 0.818. The SMILES string of the molecule is O=C(Nc1ncc[nH]1)c1ccccc1Cl. The Morgan fingerprint density at radius 3 is 2.87 bits per heavy atom. The lowest BCUT2D eigenvalue weighted by Crippen LogP contribution is -2.13. The Kier molecular flexibility index (Phi) is 2.69. The van der Waals surface area contributed by atoms with Crippen molar-refractivity contribution in [3.05, 3.63) is 47.2 Å². The van der Waals surface area contributed by atoms with Crippen LogP contribution in [-0.4, -0.2) is 15.9 Å². The van der Waals surface area contributed by atoms with Crippen LogP contribution in [0.2, 0.25) is 5.02 Å². The highest BCUT2D eigenvalue weighted by Gasteiger charge is 2.09. The maximum absolute atomic E-state index is 11.7. The van der Waals surface area contributed by atoms with E-state index in [0.717, 1.165) is 0 Å². The summed E-state index contributed by atoms with van der Waals surface area (Å²) in [4.78, 5) is 18.3. The van der Waals surface area contributed by atoms with Crippen LogP contribution >= 0.6 is 11.6 Å². The van der Waals surface area contributed by atoms with Gasteiger partial charge >= 0.3 is 0 Å². The highest BCUT2D eigenvalue weighted by atomic mass is 35.5. The minimum absolute atomic E-state index is 0.282. The molecule has 0 unspecified atom stereocenters. The number of halogens is 1. The van der Waals surface area contributed by atoms with Crippen molar-refractivity contribution in [1.29, 1.82) is 0 Å². The lowest BCUT2D eigenvalue weighted by molar-refractivity contribution is 0.102. The van der Waals surface area contributed by atoms with Gasteiger partial charge in [0, 0.05) is 12.4 Å². The molecule has 4 nitrogen and oxygen atoms in total. The molecule has 0 bridgehead atoms. The van der Waals surface area contributed by atoms with Gasteiger partial charge in [0.1, 0.15) is 0 Å². The number of amides is 1. The van der Waals surface area contributed by atoms with Gasteiger partial charge in [-0.05, 0) is 12.1 Å². The Hall–Kier alpha value is -1.81. The molecule has 1 amide bonds. The lowest BCUT2D eigenvalue weighted by Gasteiger charge is -2.03. The number of aromatic nitrogens is 2. The number of imidazole rings is 1. The largest absolute Gasteiger partial charge is 0.331 e. The van der Waals surface area contributed by atoms with E-state index in [1.165, 1.54) is 0 Å². The smallest absolute Gasteiger partial charge is 0.259 e. The van der Waals surface area contributed by atoms with E-state index in [0.29, 0.717) is 16.5 Å². The predicted octanol–water partition coefficient (Wildman–Crippen LogP) is 2.32. The van der Waals surface area contributed by atoms with Crippen molar-refractivity contribution in [2.45, 2.75) is 0 Å². The third-order valence-corrected chi connectivity index (χ3v) is 2.18. The fourth-order valence-corrected chi connectivity index (χ4v) is 1.38. The molecule has 2 rings (SSSR count). The normalized spacial score (nSPS) is 9.93. The molecule has 1 aromatic carbocycles. The van der Waals surface area contributed by atoms with Gasteiger partial charge in [-0.1, -0.05) is 23.7 Å². The monoisotopic (exact) mass is 221 g/mol. The van der Waals surface area contributed by atoms with Gasteiger partial charge in [-0.3, -0.25) is 10.1 Å². The zero-order valence-electron chi connectivity index (χ0n) is 7.70. The van der Waals surface area contributed by atoms with Gasteiger partial charge in [-0.25, -0.2) is 4.98 Å². The number of anilines is 1. The average molecular weight is 222 g/mol. The molecule has 0 spiro atoms. The van der Waals surface area contributed by atoms with E-state index in [2.05, 4.69) is 15.3 Å². The first-order valence-corrected chi connectivity index (χ1v) is 4.70. The van der Waals surface area contributed by atoms with Crippen LogP contribution in [-0.2, 0) is 0 Å². The molecule has 0 aliphatic heterocycles. The molecule has 0 atom stereocenters. The van der Waals surface area contributed by atoms with Crippen LogP contribution in [0.5, 0.6) is 0 Å². The number of benzene rings is 1. The fraction of sp³-hybridized carbons (Fsp3) is 0. The number of nitrogens with zero attached hydrogens (tertiary/aromatic N) is 1. The number of H-pyrrole nitrogens is 1. The summed E-state index contributed by atoms with van der Waals surface area (Å²) in [6.45, 7) is 0. The van der Waals surface area contributed by atoms with E-state index in [-0.39, 0.29) is 5.91 Å². The molecule has 5 heteroatoms. The topological polar surface area (TPSA) is 57.8 Å². The maximum atomic E-state index is 11.7. The van der Waals surface area contributed by atoms with Crippen LogP contribution in [0.3, 0.4) is 0 Å². The summed E-state index contributed by atoms with van der Waals surface area (Å²) in [5.74, 6) is 0.121. The average Bonchev–Trinajstić information content (AvgIpc) is 2.71. The second-order valence-electron chi connectivity index (χ2n) is 2.87. The third-order valence-electron chi connectivity index (χ3n) is 1.85. The summed E-state index contributed by atoms with van der Waals surface area (Å²) in [5.41, 5.74) is 0.426. The number of carbonyl (C=O) groups is 1. The molecule has 0 aliphatic rings. The lowest BCUT2D eigenvalue weighted by atomic mass is 10.2. The standard InChI is InChI=1S/C10H8ClN3O/c11-8-4-2-1-3-7(8)9(15)14-10-12-5-6-13-10/h1-6H,(H2,12,13,14,15). The molecule has 0 fully saturated rings. The molecule has 1 aromatic heterocycles.